The van der Waals surface area contributed by atoms with Gasteiger partial charge in [-0.3, -0.25) is 9.78 Å². The van der Waals surface area contributed by atoms with E-state index < -0.39 is 0 Å². The number of benzene rings is 2. The zero-order chi connectivity index (χ0) is 13.8. The van der Waals surface area contributed by atoms with E-state index in [2.05, 4.69) is 29.2 Å². The Labute approximate surface area is 118 Å². The van der Waals surface area contributed by atoms with E-state index in [4.69, 9.17) is 0 Å². The van der Waals surface area contributed by atoms with Crippen LogP contribution in [0.15, 0.2) is 66.9 Å². The molecule has 0 aliphatic heterocycles. The van der Waals surface area contributed by atoms with Gasteiger partial charge in [-0.1, -0.05) is 48.5 Å². The fraction of sp³-hybridized carbons (Fsp3) is 0.111. The van der Waals surface area contributed by atoms with E-state index in [0.717, 1.165) is 11.3 Å². The highest BCUT2D eigenvalue weighted by Crippen LogP contribution is 2.16. The monoisotopic (exact) mass is 261 g/mol. The summed E-state index contributed by atoms with van der Waals surface area (Å²) in [6.45, 7) is 0. The Balaban J connectivity index is 1.74. The molecule has 2 aromatic carbocycles. The lowest BCUT2D eigenvalue weighted by Gasteiger charge is -2.03. The predicted octanol–water partition coefficient (Wildman–Crippen LogP) is 3.59. The van der Waals surface area contributed by atoms with Crippen molar-refractivity contribution in [2.75, 3.05) is 0 Å². The molecule has 2 nitrogen and oxygen atoms in total. The van der Waals surface area contributed by atoms with Gasteiger partial charge in [0, 0.05) is 24.7 Å². The molecule has 0 aliphatic carbocycles. The molecule has 0 radical (unpaired) electrons. The predicted molar refractivity (Wildman–Crippen MR) is 80.6 cm³/mol. The Bertz CT molecular complexity index is 735. The number of fused-ring (bicyclic) bond motifs is 1. The van der Waals surface area contributed by atoms with Crippen LogP contribution in [0.1, 0.15) is 11.3 Å². The number of hydrogen-bond donors (Lipinski definition) is 0. The fourth-order valence-electron chi connectivity index (χ4n) is 2.34. The SMILES string of the molecule is O=C(Cc1ccc2ccccc2c1)Cc1ccccn1. The van der Waals surface area contributed by atoms with Crippen LogP contribution in [0.4, 0.5) is 0 Å². The average molecular weight is 261 g/mol. The van der Waals surface area contributed by atoms with Gasteiger partial charge in [0.05, 0.1) is 0 Å². The summed E-state index contributed by atoms with van der Waals surface area (Å²) >= 11 is 0. The first-order valence-electron chi connectivity index (χ1n) is 6.70. The van der Waals surface area contributed by atoms with Gasteiger partial charge in [0.2, 0.25) is 0 Å². The van der Waals surface area contributed by atoms with Gasteiger partial charge in [0.1, 0.15) is 5.78 Å². The van der Waals surface area contributed by atoms with E-state index >= 15 is 0 Å². The van der Waals surface area contributed by atoms with Crippen LogP contribution in [0.2, 0.25) is 0 Å². The molecule has 0 bridgehead atoms. The highest BCUT2D eigenvalue weighted by molar-refractivity contribution is 5.86. The van der Waals surface area contributed by atoms with Gasteiger partial charge in [-0.15, -0.1) is 0 Å². The van der Waals surface area contributed by atoms with Crippen molar-refractivity contribution in [2.24, 2.45) is 0 Å². The number of hydrogen-bond acceptors (Lipinski definition) is 2. The molecule has 0 amide bonds. The summed E-state index contributed by atoms with van der Waals surface area (Å²) in [5.41, 5.74) is 1.89. The number of ketones is 1. The standard InChI is InChI=1S/C18H15NO/c20-18(13-17-7-3-4-10-19-17)12-14-8-9-15-5-1-2-6-16(15)11-14/h1-11H,12-13H2. The maximum Gasteiger partial charge on any atom is 0.143 e. The van der Waals surface area contributed by atoms with Gasteiger partial charge in [-0.25, -0.2) is 0 Å². The maximum absolute atomic E-state index is 12.1. The van der Waals surface area contributed by atoms with Crippen molar-refractivity contribution in [2.45, 2.75) is 12.8 Å². The van der Waals surface area contributed by atoms with Crippen LogP contribution in [0.3, 0.4) is 0 Å². The lowest BCUT2D eigenvalue weighted by atomic mass is 10.0. The Morgan fingerprint density at radius 2 is 1.65 bits per heavy atom. The molecule has 0 saturated carbocycles. The van der Waals surface area contributed by atoms with Gasteiger partial charge in [-0.05, 0) is 28.5 Å². The van der Waals surface area contributed by atoms with Crippen LogP contribution in [-0.2, 0) is 17.6 Å². The summed E-state index contributed by atoms with van der Waals surface area (Å²) in [7, 11) is 0. The molecule has 0 atom stereocenters. The number of carbonyl (C=O) groups excluding carboxylic acids is 1. The number of carbonyl (C=O) groups is 1. The Kier molecular flexibility index (Phi) is 3.55. The summed E-state index contributed by atoms with van der Waals surface area (Å²) in [4.78, 5) is 16.3. The second-order valence-corrected chi connectivity index (χ2v) is 4.89. The average Bonchev–Trinajstić information content (AvgIpc) is 2.48. The van der Waals surface area contributed by atoms with Crippen molar-refractivity contribution in [3.05, 3.63) is 78.1 Å². The van der Waals surface area contributed by atoms with Crippen LogP contribution >= 0.6 is 0 Å². The summed E-state index contributed by atoms with van der Waals surface area (Å²) in [6, 6.07) is 20.0. The summed E-state index contributed by atoms with van der Waals surface area (Å²) < 4.78 is 0. The molecule has 0 N–H and O–H groups in total. The first-order chi connectivity index (χ1) is 9.81. The fourth-order valence-corrected chi connectivity index (χ4v) is 2.34. The molecule has 98 valence electrons. The zero-order valence-corrected chi connectivity index (χ0v) is 11.1. The molecule has 3 aromatic rings. The van der Waals surface area contributed by atoms with Crippen molar-refractivity contribution in [3.63, 3.8) is 0 Å². The highest BCUT2D eigenvalue weighted by atomic mass is 16.1. The third-order valence-corrected chi connectivity index (χ3v) is 3.32. The van der Waals surface area contributed by atoms with Gasteiger partial charge >= 0.3 is 0 Å². The second-order valence-electron chi connectivity index (χ2n) is 4.89. The quantitative estimate of drug-likeness (QED) is 0.718. The minimum atomic E-state index is 0.194. The van der Waals surface area contributed by atoms with Crippen LogP contribution in [0.25, 0.3) is 10.8 Å². The molecule has 20 heavy (non-hydrogen) atoms. The van der Waals surface area contributed by atoms with Crippen molar-refractivity contribution in [1.82, 2.24) is 4.98 Å². The topological polar surface area (TPSA) is 30.0 Å². The Morgan fingerprint density at radius 1 is 0.850 bits per heavy atom. The summed E-state index contributed by atoms with van der Waals surface area (Å²) in [6.07, 6.45) is 2.58. The Hall–Kier alpha value is -2.48. The maximum atomic E-state index is 12.1. The van der Waals surface area contributed by atoms with Crippen molar-refractivity contribution in [3.8, 4) is 0 Å². The van der Waals surface area contributed by atoms with Gasteiger partial charge < -0.3 is 0 Å². The smallest absolute Gasteiger partial charge is 0.143 e. The molecule has 0 unspecified atom stereocenters. The molecule has 3 rings (SSSR count). The van der Waals surface area contributed by atoms with Crippen molar-refractivity contribution >= 4 is 16.6 Å². The van der Waals surface area contributed by atoms with E-state index in [9.17, 15) is 4.79 Å². The van der Waals surface area contributed by atoms with E-state index in [0.29, 0.717) is 12.8 Å². The zero-order valence-electron chi connectivity index (χ0n) is 11.1. The lowest BCUT2D eigenvalue weighted by Crippen LogP contribution is -2.07. The second kappa shape index (κ2) is 5.66. The Morgan fingerprint density at radius 3 is 2.45 bits per heavy atom. The number of pyridine rings is 1. The molecule has 0 fully saturated rings. The first-order valence-corrected chi connectivity index (χ1v) is 6.70. The van der Waals surface area contributed by atoms with Gasteiger partial charge in [0.25, 0.3) is 0 Å². The first kappa shape index (κ1) is 12.5. The van der Waals surface area contributed by atoms with Crippen LogP contribution < -0.4 is 0 Å². The van der Waals surface area contributed by atoms with Crippen LogP contribution in [0.5, 0.6) is 0 Å². The van der Waals surface area contributed by atoms with E-state index in [-0.39, 0.29) is 5.78 Å². The molecule has 1 aromatic heterocycles. The van der Waals surface area contributed by atoms with E-state index in [1.807, 2.05) is 36.4 Å². The van der Waals surface area contributed by atoms with Crippen LogP contribution in [-0.4, -0.2) is 10.8 Å². The molecular weight excluding hydrogens is 246 g/mol. The summed E-state index contributed by atoms with van der Waals surface area (Å²) in [5, 5.41) is 2.38. The number of rotatable bonds is 4. The molecule has 0 aliphatic rings. The molecule has 0 saturated heterocycles. The molecule has 2 heteroatoms. The minimum absolute atomic E-state index is 0.194. The third-order valence-electron chi connectivity index (χ3n) is 3.32. The molecule has 0 spiro atoms. The van der Waals surface area contributed by atoms with Crippen LogP contribution in [0, 0.1) is 0 Å². The summed E-state index contributed by atoms with van der Waals surface area (Å²) in [5.74, 6) is 0.194. The van der Waals surface area contributed by atoms with E-state index in [1.165, 1.54) is 10.8 Å². The molecule has 1 heterocycles. The van der Waals surface area contributed by atoms with Gasteiger partial charge in [-0.2, -0.15) is 0 Å². The number of nitrogens with zero attached hydrogens (tertiary/aromatic N) is 1. The van der Waals surface area contributed by atoms with Crippen molar-refractivity contribution < 1.29 is 4.79 Å². The largest absolute Gasteiger partial charge is 0.299 e. The minimum Gasteiger partial charge on any atom is -0.299 e. The number of aromatic nitrogens is 1. The highest BCUT2D eigenvalue weighted by Gasteiger charge is 2.06. The molecular formula is C18H15NO. The lowest BCUT2D eigenvalue weighted by molar-refractivity contribution is -0.117. The third kappa shape index (κ3) is 2.91. The van der Waals surface area contributed by atoms with Crippen molar-refractivity contribution in [1.29, 1.82) is 0 Å². The normalized spacial score (nSPS) is 10.6. The van der Waals surface area contributed by atoms with E-state index in [1.54, 1.807) is 6.20 Å². The number of Topliss-reactive ketones (excluding diaryl/α,β-unsaturated/α-hetero) is 1. The van der Waals surface area contributed by atoms with Gasteiger partial charge in [0.15, 0.2) is 0 Å².